The largest absolute Gasteiger partial charge is 0.390 e. The average molecular weight is 473 g/mol. The van der Waals surface area contributed by atoms with Crippen molar-refractivity contribution < 1.29 is 9.90 Å². The molecular weight excluding hydrogens is 444 g/mol. The maximum atomic E-state index is 12.9. The number of nitrogens with zero attached hydrogens (tertiary/aromatic N) is 5. The maximum Gasteiger partial charge on any atom is 0.271 e. The Morgan fingerprint density at radius 2 is 1.97 bits per heavy atom. The van der Waals surface area contributed by atoms with Gasteiger partial charge in [-0.15, -0.1) is 0 Å². The molecule has 3 aromatic heterocycles. The Kier molecular flexibility index (Phi) is 6.19. The van der Waals surface area contributed by atoms with E-state index in [4.69, 9.17) is 0 Å². The molecule has 4 aromatic rings. The van der Waals surface area contributed by atoms with Crippen LogP contribution in [-0.4, -0.2) is 60.6 Å². The van der Waals surface area contributed by atoms with Gasteiger partial charge >= 0.3 is 0 Å². The number of nitrogens with one attached hydrogen (secondary N) is 1. The van der Waals surface area contributed by atoms with E-state index in [0.29, 0.717) is 29.3 Å². The van der Waals surface area contributed by atoms with Gasteiger partial charge in [-0.3, -0.25) is 19.5 Å². The number of rotatable bonds is 6. The SMILES string of the molecule is Cc1c(C(=O)NCC(O)CN2CCc3ccccc3C2)nc2cnc(-c3ccc(=O)n(C)c3)cn12. The van der Waals surface area contributed by atoms with Gasteiger partial charge in [0, 0.05) is 57.3 Å². The Morgan fingerprint density at radius 1 is 1.17 bits per heavy atom. The predicted octanol–water partition coefficient (Wildman–Crippen LogP) is 1.55. The standard InChI is InChI=1S/C26H28N6O3/c1-17-25(29-23-12-27-22(16-32(17)23)20-7-8-24(34)30(2)13-20)26(35)28-11-21(33)15-31-10-9-18-5-3-4-6-19(18)14-31/h3-8,12-13,16,21,33H,9-11,14-15H2,1-2H3,(H,28,35). The summed E-state index contributed by atoms with van der Waals surface area (Å²) < 4.78 is 3.30. The van der Waals surface area contributed by atoms with Crippen molar-refractivity contribution in [3.8, 4) is 11.3 Å². The highest BCUT2D eigenvalue weighted by Gasteiger charge is 2.21. The van der Waals surface area contributed by atoms with E-state index in [2.05, 4.69) is 38.4 Å². The number of pyridine rings is 1. The van der Waals surface area contributed by atoms with Crippen molar-refractivity contribution in [3.63, 3.8) is 0 Å². The molecule has 9 nitrogen and oxygen atoms in total. The molecule has 2 N–H and O–H groups in total. The number of hydrogen-bond donors (Lipinski definition) is 2. The summed E-state index contributed by atoms with van der Waals surface area (Å²) in [7, 11) is 1.69. The van der Waals surface area contributed by atoms with E-state index >= 15 is 0 Å². The number of hydrogen-bond acceptors (Lipinski definition) is 6. The summed E-state index contributed by atoms with van der Waals surface area (Å²) in [6, 6.07) is 11.6. The number of carbonyl (C=O) groups excluding carboxylic acids is 1. The highest BCUT2D eigenvalue weighted by molar-refractivity contribution is 5.94. The monoisotopic (exact) mass is 472 g/mol. The van der Waals surface area contributed by atoms with E-state index in [1.165, 1.54) is 21.8 Å². The Bertz CT molecular complexity index is 1460. The first-order valence-electron chi connectivity index (χ1n) is 11.7. The number of benzene rings is 1. The lowest BCUT2D eigenvalue weighted by Crippen LogP contribution is -2.42. The second kappa shape index (κ2) is 9.44. The van der Waals surface area contributed by atoms with Crippen LogP contribution in [0.15, 0.2) is 59.8 Å². The number of aromatic nitrogens is 4. The second-order valence-corrected chi connectivity index (χ2v) is 9.03. The van der Waals surface area contributed by atoms with Crippen molar-refractivity contribution in [2.24, 2.45) is 7.05 Å². The lowest BCUT2D eigenvalue weighted by atomic mass is 10.00. The molecule has 0 saturated heterocycles. The van der Waals surface area contributed by atoms with E-state index in [-0.39, 0.29) is 18.0 Å². The molecule has 0 saturated carbocycles. The number of carbonyl (C=O) groups is 1. The Balaban J connectivity index is 1.24. The molecule has 1 aliphatic rings. The molecular formula is C26H28N6O3. The Labute approximate surface area is 202 Å². The van der Waals surface area contributed by atoms with Gasteiger partial charge in [0.1, 0.15) is 5.69 Å². The molecule has 1 atom stereocenters. The zero-order valence-corrected chi connectivity index (χ0v) is 19.8. The highest BCUT2D eigenvalue weighted by Crippen LogP contribution is 2.20. The Morgan fingerprint density at radius 3 is 2.77 bits per heavy atom. The predicted molar refractivity (Wildman–Crippen MR) is 132 cm³/mol. The number of fused-ring (bicyclic) bond motifs is 2. The van der Waals surface area contributed by atoms with E-state index in [1.807, 2.05) is 17.4 Å². The number of aliphatic hydroxyl groups is 1. The maximum absolute atomic E-state index is 12.9. The van der Waals surface area contributed by atoms with Gasteiger partial charge in [0.15, 0.2) is 5.65 Å². The van der Waals surface area contributed by atoms with Gasteiger partial charge in [0.2, 0.25) is 5.56 Å². The van der Waals surface area contributed by atoms with Crippen molar-refractivity contribution in [2.45, 2.75) is 26.0 Å². The lowest BCUT2D eigenvalue weighted by molar-refractivity contribution is 0.0838. The molecule has 0 aliphatic carbocycles. The van der Waals surface area contributed by atoms with Crippen molar-refractivity contribution in [2.75, 3.05) is 19.6 Å². The minimum Gasteiger partial charge on any atom is -0.390 e. The number of aliphatic hydroxyl groups excluding tert-OH is 1. The molecule has 0 bridgehead atoms. The summed E-state index contributed by atoms with van der Waals surface area (Å²) in [6.07, 6.45) is 5.41. The lowest BCUT2D eigenvalue weighted by Gasteiger charge is -2.30. The van der Waals surface area contributed by atoms with Crippen LogP contribution in [0.5, 0.6) is 0 Å². The first kappa shape index (κ1) is 22.9. The van der Waals surface area contributed by atoms with Crippen molar-refractivity contribution in [1.82, 2.24) is 29.2 Å². The van der Waals surface area contributed by atoms with Crippen LogP contribution in [0.3, 0.4) is 0 Å². The molecule has 0 spiro atoms. The van der Waals surface area contributed by atoms with Crippen molar-refractivity contribution >= 4 is 11.6 Å². The fraction of sp³-hybridized carbons (Fsp3) is 0.308. The third-order valence-electron chi connectivity index (χ3n) is 6.52. The van der Waals surface area contributed by atoms with Crippen LogP contribution in [-0.2, 0) is 20.0 Å². The zero-order chi connectivity index (χ0) is 24.5. The summed E-state index contributed by atoms with van der Waals surface area (Å²) in [5.41, 5.74) is 5.53. The number of aryl methyl sites for hydroxylation is 2. The molecule has 1 unspecified atom stereocenters. The smallest absolute Gasteiger partial charge is 0.271 e. The summed E-state index contributed by atoms with van der Waals surface area (Å²) >= 11 is 0. The third kappa shape index (κ3) is 4.73. The molecule has 5 rings (SSSR count). The van der Waals surface area contributed by atoms with E-state index < -0.39 is 6.10 Å². The van der Waals surface area contributed by atoms with Crippen LogP contribution in [0, 0.1) is 6.92 Å². The topological polar surface area (TPSA) is 105 Å². The Hall–Kier alpha value is -3.82. The van der Waals surface area contributed by atoms with E-state index in [9.17, 15) is 14.7 Å². The molecule has 1 aliphatic heterocycles. The van der Waals surface area contributed by atoms with Crippen LogP contribution >= 0.6 is 0 Å². The quantitative estimate of drug-likeness (QED) is 0.441. The summed E-state index contributed by atoms with van der Waals surface area (Å²) in [5.74, 6) is -0.335. The fourth-order valence-corrected chi connectivity index (χ4v) is 4.55. The fourth-order valence-electron chi connectivity index (χ4n) is 4.55. The number of imidazole rings is 1. The van der Waals surface area contributed by atoms with Gasteiger partial charge < -0.3 is 19.4 Å². The summed E-state index contributed by atoms with van der Waals surface area (Å²) in [5, 5.41) is 13.4. The molecule has 180 valence electrons. The minimum absolute atomic E-state index is 0.0973. The first-order valence-corrected chi connectivity index (χ1v) is 11.7. The highest BCUT2D eigenvalue weighted by atomic mass is 16.3. The van der Waals surface area contributed by atoms with Crippen LogP contribution in [0.1, 0.15) is 27.3 Å². The van der Waals surface area contributed by atoms with E-state index in [0.717, 1.165) is 25.1 Å². The van der Waals surface area contributed by atoms with Crippen LogP contribution in [0.25, 0.3) is 16.9 Å². The molecule has 1 aromatic carbocycles. The first-order chi connectivity index (χ1) is 16.9. The number of amides is 1. The van der Waals surface area contributed by atoms with Gasteiger partial charge in [0.25, 0.3) is 5.91 Å². The summed E-state index contributed by atoms with van der Waals surface area (Å²) in [4.78, 5) is 35.6. The molecule has 35 heavy (non-hydrogen) atoms. The van der Waals surface area contributed by atoms with Gasteiger partial charge in [-0.1, -0.05) is 24.3 Å². The van der Waals surface area contributed by atoms with Gasteiger partial charge in [-0.25, -0.2) is 4.98 Å². The van der Waals surface area contributed by atoms with E-state index in [1.54, 1.807) is 31.7 Å². The summed E-state index contributed by atoms with van der Waals surface area (Å²) in [6.45, 7) is 4.15. The molecule has 1 amide bonds. The third-order valence-corrected chi connectivity index (χ3v) is 6.52. The van der Waals surface area contributed by atoms with Gasteiger partial charge in [0.05, 0.1) is 23.7 Å². The van der Waals surface area contributed by atoms with Crippen molar-refractivity contribution in [1.29, 1.82) is 0 Å². The zero-order valence-electron chi connectivity index (χ0n) is 19.8. The molecule has 0 radical (unpaired) electrons. The minimum atomic E-state index is -0.681. The normalized spacial score (nSPS) is 14.6. The average Bonchev–Trinajstić information content (AvgIpc) is 3.20. The van der Waals surface area contributed by atoms with Crippen molar-refractivity contribution in [3.05, 3.63) is 87.9 Å². The van der Waals surface area contributed by atoms with Gasteiger partial charge in [-0.05, 0) is 30.5 Å². The van der Waals surface area contributed by atoms with Crippen LogP contribution in [0.4, 0.5) is 0 Å². The van der Waals surface area contributed by atoms with Crippen LogP contribution in [0.2, 0.25) is 0 Å². The molecule has 4 heterocycles. The number of β-amino-alcohol motifs (C(OH)–C–C–N with tert-alkyl or cyclic N) is 1. The molecule has 0 fully saturated rings. The van der Waals surface area contributed by atoms with Gasteiger partial charge in [-0.2, -0.15) is 0 Å². The second-order valence-electron chi connectivity index (χ2n) is 9.03. The van der Waals surface area contributed by atoms with Crippen LogP contribution < -0.4 is 10.9 Å². The molecule has 9 heteroatoms.